The fraction of sp³-hybridized carbons (Fsp3) is 0.556. The first-order valence-corrected chi connectivity index (χ1v) is 10.8. The van der Waals surface area contributed by atoms with Gasteiger partial charge in [0.2, 0.25) is 0 Å². The first-order valence-electron chi connectivity index (χ1n) is 9.13. The van der Waals surface area contributed by atoms with Gasteiger partial charge in [0.1, 0.15) is 0 Å². The molecule has 0 aromatic heterocycles. The van der Waals surface area contributed by atoms with E-state index < -0.39 is 9.84 Å². The van der Waals surface area contributed by atoms with E-state index >= 15 is 0 Å². The highest BCUT2D eigenvalue weighted by Gasteiger charge is 2.23. The quantitative estimate of drug-likeness (QED) is 0.441. The van der Waals surface area contributed by atoms with Crippen molar-refractivity contribution >= 4 is 21.9 Å². The SMILES string of the molecule is CCOC(=O)N1CCN(C(=NC)NCCCS(=O)(=O)c2ccccc2)CC1. The number of aliphatic imine (C=N–C) groups is 1. The summed E-state index contributed by atoms with van der Waals surface area (Å²) in [7, 11) is -1.57. The van der Waals surface area contributed by atoms with Gasteiger partial charge in [-0.1, -0.05) is 18.2 Å². The average Bonchev–Trinajstić information content (AvgIpc) is 2.69. The average molecular weight is 397 g/mol. The van der Waals surface area contributed by atoms with Gasteiger partial charge in [0, 0.05) is 39.8 Å². The van der Waals surface area contributed by atoms with Gasteiger partial charge in [0.25, 0.3) is 0 Å². The van der Waals surface area contributed by atoms with E-state index in [2.05, 4.69) is 15.2 Å². The van der Waals surface area contributed by atoms with Crippen molar-refractivity contribution in [2.75, 3.05) is 52.1 Å². The molecule has 2 rings (SSSR count). The third-order valence-corrected chi connectivity index (χ3v) is 6.11. The number of sulfone groups is 1. The zero-order valence-corrected chi connectivity index (χ0v) is 16.7. The minimum Gasteiger partial charge on any atom is -0.450 e. The molecule has 0 atom stereocenters. The Kier molecular flexibility index (Phi) is 7.90. The smallest absolute Gasteiger partial charge is 0.409 e. The van der Waals surface area contributed by atoms with Gasteiger partial charge in [0.05, 0.1) is 17.3 Å². The topological polar surface area (TPSA) is 91.3 Å². The van der Waals surface area contributed by atoms with E-state index in [0.29, 0.717) is 50.6 Å². The fourth-order valence-electron chi connectivity index (χ4n) is 2.86. The maximum Gasteiger partial charge on any atom is 0.409 e. The number of carbonyl (C=O) groups excluding carboxylic acids is 1. The van der Waals surface area contributed by atoms with Crippen molar-refractivity contribution in [2.24, 2.45) is 4.99 Å². The van der Waals surface area contributed by atoms with Crippen LogP contribution in [0.1, 0.15) is 13.3 Å². The second kappa shape index (κ2) is 10.1. The number of nitrogens with one attached hydrogen (secondary N) is 1. The van der Waals surface area contributed by atoms with Gasteiger partial charge in [-0.3, -0.25) is 4.99 Å². The number of guanidine groups is 1. The number of nitrogens with zero attached hydrogens (tertiary/aromatic N) is 3. The Bertz CT molecular complexity index is 729. The Hall–Kier alpha value is -2.29. The predicted molar refractivity (Wildman–Crippen MR) is 105 cm³/mol. The van der Waals surface area contributed by atoms with E-state index in [4.69, 9.17) is 4.74 Å². The van der Waals surface area contributed by atoms with Crippen LogP contribution in [0.2, 0.25) is 0 Å². The molecule has 1 N–H and O–H groups in total. The third-order valence-electron chi connectivity index (χ3n) is 4.29. The van der Waals surface area contributed by atoms with Gasteiger partial charge in [0.15, 0.2) is 15.8 Å². The maximum absolute atomic E-state index is 12.3. The zero-order chi connectivity index (χ0) is 19.7. The zero-order valence-electron chi connectivity index (χ0n) is 15.9. The summed E-state index contributed by atoms with van der Waals surface area (Å²) in [6, 6.07) is 8.48. The number of benzene rings is 1. The van der Waals surface area contributed by atoms with Crippen LogP contribution in [0.15, 0.2) is 40.2 Å². The predicted octanol–water partition coefficient (Wildman–Crippen LogP) is 1.20. The molecule has 1 aromatic carbocycles. The molecule has 1 aliphatic heterocycles. The van der Waals surface area contributed by atoms with E-state index in [1.54, 1.807) is 49.2 Å². The molecule has 0 bridgehead atoms. The highest BCUT2D eigenvalue weighted by atomic mass is 32.2. The molecule has 0 unspecified atom stereocenters. The first kappa shape index (κ1) is 21.0. The van der Waals surface area contributed by atoms with Gasteiger partial charge >= 0.3 is 6.09 Å². The lowest BCUT2D eigenvalue weighted by Crippen LogP contribution is -2.54. The summed E-state index contributed by atoms with van der Waals surface area (Å²) in [5, 5.41) is 3.21. The molecule has 1 fully saturated rings. The molecular weight excluding hydrogens is 368 g/mol. The highest BCUT2D eigenvalue weighted by molar-refractivity contribution is 7.91. The van der Waals surface area contributed by atoms with Gasteiger partial charge in [-0.25, -0.2) is 13.2 Å². The van der Waals surface area contributed by atoms with Crippen molar-refractivity contribution in [2.45, 2.75) is 18.2 Å². The Labute approximate surface area is 161 Å². The molecule has 150 valence electrons. The number of hydrogen-bond acceptors (Lipinski definition) is 5. The number of amides is 1. The standard InChI is InChI=1S/C18H28N4O4S/c1-3-26-18(23)22-13-11-21(12-14-22)17(19-2)20-10-7-15-27(24,25)16-8-5-4-6-9-16/h4-6,8-9H,3,7,10-15H2,1-2H3,(H,19,20). The molecule has 0 saturated carbocycles. The second-order valence-electron chi connectivity index (χ2n) is 6.13. The molecular formula is C18H28N4O4S. The highest BCUT2D eigenvalue weighted by Crippen LogP contribution is 2.11. The van der Waals surface area contributed by atoms with Crippen LogP contribution in [0.5, 0.6) is 0 Å². The Morgan fingerprint density at radius 1 is 1.15 bits per heavy atom. The van der Waals surface area contributed by atoms with Crippen LogP contribution < -0.4 is 5.32 Å². The summed E-state index contributed by atoms with van der Waals surface area (Å²) in [6.07, 6.45) is 0.199. The van der Waals surface area contributed by atoms with Crippen LogP contribution >= 0.6 is 0 Å². The third kappa shape index (κ3) is 6.13. The minimum atomic E-state index is -3.26. The van der Waals surface area contributed by atoms with Crippen molar-refractivity contribution in [1.29, 1.82) is 0 Å². The van der Waals surface area contributed by atoms with Crippen molar-refractivity contribution in [1.82, 2.24) is 15.1 Å². The van der Waals surface area contributed by atoms with Crippen LogP contribution in [0.3, 0.4) is 0 Å². The van der Waals surface area contributed by atoms with E-state index in [-0.39, 0.29) is 11.8 Å². The minimum absolute atomic E-state index is 0.0810. The molecule has 1 amide bonds. The van der Waals surface area contributed by atoms with Crippen LogP contribution in [0.4, 0.5) is 4.79 Å². The van der Waals surface area contributed by atoms with Crippen LogP contribution in [-0.2, 0) is 14.6 Å². The molecule has 0 radical (unpaired) electrons. The lowest BCUT2D eigenvalue weighted by atomic mass is 10.3. The number of rotatable bonds is 6. The number of piperazine rings is 1. The van der Waals surface area contributed by atoms with Gasteiger partial charge in [-0.05, 0) is 25.5 Å². The van der Waals surface area contributed by atoms with Crippen LogP contribution in [-0.4, -0.2) is 82.4 Å². The number of hydrogen-bond donors (Lipinski definition) is 1. The molecule has 27 heavy (non-hydrogen) atoms. The normalized spacial score (nSPS) is 15.6. The summed E-state index contributed by atoms with van der Waals surface area (Å²) >= 11 is 0. The molecule has 8 nitrogen and oxygen atoms in total. The lowest BCUT2D eigenvalue weighted by molar-refractivity contribution is 0.0915. The molecule has 0 spiro atoms. The summed E-state index contributed by atoms with van der Waals surface area (Å²) < 4.78 is 29.6. The monoisotopic (exact) mass is 396 g/mol. The summed E-state index contributed by atoms with van der Waals surface area (Å²) in [5.41, 5.74) is 0. The summed E-state index contributed by atoms with van der Waals surface area (Å²) in [5.74, 6) is 0.799. The lowest BCUT2D eigenvalue weighted by Gasteiger charge is -2.35. The molecule has 1 heterocycles. The van der Waals surface area contributed by atoms with Gasteiger partial charge < -0.3 is 19.9 Å². The van der Waals surface area contributed by atoms with E-state index in [1.165, 1.54) is 0 Å². The number of ether oxygens (including phenoxy) is 1. The Morgan fingerprint density at radius 2 is 1.78 bits per heavy atom. The van der Waals surface area contributed by atoms with Crippen LogP contribution in [0.25, 0.3) is 0 Å². The molecule has 1 saturated heterocycles. The largest absolute Gasteiger partial charge is 0.450 e. The van der Waals surface area contributed by atoms with E-state index in [9.17, 15) is 13.2 Å². The van der Waals surface area contributed by atoms with Crippen molar-refractivity contribution in [3.05, 3.63) is 30.3 Å². The van der Waals surface area contributed by atoms with Crippen molar-refractivity contribution < 1.29 is 17.9 Å². The van der Waals surface area contributed by atoms with E-state index in [1.807, 2.05) is 0 Å². The first-order chi connectivity index (χ1) is 13.0. The van der Waals surface area contributed by atoms with Gasteiger partial charge in [-0.2, -0.15) is 0 Å². The van der Waals surface area contributed by atoms with Gasteiger partial charge in [-0.15, -0.1) is 0 Å². The maximum atomic E-state index is 12.3. The molecule has 9 heteroatoms. The molecule has 1 aromatic rings. The van der Waals surface area contributed by atoms with Crippen molar-refractivity contribution in [3.8, 4) is 0 Å². The Morgan fingerprint density at radius 3 is 2.37 bits per heavy atom. The van der Waals surface area contributed by atoms with E-state index in [0.717, 1.165) is 5.96 Å². The molecule has 1 aliphatic rings. The fourth-order valence-corrected chi connectivity index (χ4v) is 4.19. The molecule has 0 aliphatic carbocycles. The summed E-state index contributed by atoms with van der Waals surface area (Å²) in [6.45, 7) is 5.12. The van der Waals surface area contributed by atoms with Crippen LogP contribution in [0, 0.1) is 0 Å². The second-order valence-corrected chi connectivity index (χ2v) is 8.24. The van der Waals surface area contributed by atoms with Crippen molar-refractivity contribution in [3.63, 3.8) is 0 Å². The summed E-state index contributed by atoms with van der Waals surface area (Å²) in [4.78, 5) is 20.1. The number of carbonyl (C=O) groups is 1. The Balaban J connectivity index is 1.76.